The van der Waals surface area contributed by atoms with E-state index in [-0.39, 0.29) is 11.7 Å². The van der Waals surface area contributed by atoms with E-state index in [0.29, 0.717) is 29.4 Å². The number of amides is 1. The summed E-state index contributed by atoms with van der Waals surface area (Å²) < 4.78 is 19.1. The molecule has 2 aromatic rings. The van der Waals surface area contributed by atoms with E-state index in [9.17, 15) is 9.18 Å². The van der Waals surface area contributed by atoms with Crippen LogP contribution in [-0.2, 0) is 10.3 Å². The summed E-state index contributed by atoms with van der Waals surface area (Å²) in [6.45, 7) is 8.95. The minimum atomic E-state index is -0.672. The number of pyridine rings is 1. The molecule has 2 aliphatic carbocycles. The third-order valence-corrected chi connectivity index (χ3v) is 6.19. The number of hydrogen-bond donors (Lipinski definition) is 1. The Balaban J connectivity index is 1.38. The zero-order valence-electron chi connectivity index (χ0n) is 17.3. The van der Waals surface area contributed by atoms with Crippen LogP contribution in [0, 0.1) is 11.7 Å². The first kappa shape index (κ1) is 19.1. The Hall–Kier alpha value is -2.89. The number of anilines is 1. The highest BCUT2D eigenvalue weighted by atomic mass is 19.1. The third kappa shape index (κ3) is 3.55. The number of carbonyl (C=O) groups is 1. The molecule has 1 amide bonds. The van der Waals surface area contributed by atoms with Gasteiger partial charge in [0.2, 0.25) is 0 Å². The molecule has 2 atom stereocenters. The summed E-state index contributed by atoms with van der Waals surface area (Å²) in [7, 11) is 0. The monoisotopic (exact) mass is 407 g/mol. The Bertz CT molecular complexity index is 1010. The van der Waals surface area contributed by atoms with Crippen LogP contribution in [0.5, 0.6) is 0 Å². The average molecular weight is 407 g/mol. The summed E-state index contributed by atoms with van der Waals surface area (Å²) >= 11 is 0. The Labute approximate surface area is 175 Å². The van der Waals surface area contributed by atoms with Crippen LogP contribution < -0.4 is 10.2 Å². The van der Waals surface area contributed by atoms with Crippen LogP contribution in [0.15, 0.2) is 48.9 Å². The molecular formula is C24H26FN3O2. The molecule has 6 heteroatoms. The molecule has 1 aromatic carbocycles. The van der Waals surface area contributed by atoms with Crippen LogP contribution in [-0.4, -0.2) is 23.5 Å². The van der Waals surface area contributed by atoms with Crippen molar-refractivity contribution in [2.24, 2.45) is 5.92 Å². The molecule has 30 heavy (non-hydrogen) atoms. The number of benzene rings is 1. The molecular weight excluding hydrogens is 381 g/mol. The number of ether oxygens (including phenoxy) is 1. The van der Waals surface area contributed by atoms with Gasteiger partial charge in [-0.15, -0.1) is 0 Å². The lowest BCUT2D eigenvalue weighted by atomic mass is 9.97. The molecule has 1 aromatic heterocycles. The van der Waals surface area contributed by atoms with E-state index in [0.717, 1.165) is 42.9 Å². The zero-order valence-corrected chi connectivity index (χ0v) is 17.3. The van der Waals surface area contributed by atoms with E-state index >= 15 is 0 Å². The average Bonchev–Trinajstić information content (AvgIpc) is 3.62. The molecule has 0 radical (unpaired) electrons. The number of rotatable bonds is 6. The van der Waals surface area contributed by atoms with E-state index in [2.05, 4.69) is 22.9 Å². The lowest BCUT2D eigenvalue weighted by molar-refractivity contribution is 0.0910. The van der Waals surface area contributed by atoms with Gasteiger partial charge >= 0.3 is 0 Å². The first-order valence-corrected chi connectivity index (χ1v) is 10.5. The van der Waals surface area contributed by atoms with Crippen molar-refractivity contribution < 1.29 is 13.9 Å². The molecule has 5 rings (SSSR count). The quantitative estimate of drug-likeness (QED) is 0.719. The second-order valence-corrected chi connectivity index (χ2v) is 9.11. The van der Waals surface area contributed by atoms with E-state index in [1.165, 1.54) is 24.3 Å². The number of aromatic nitrogens is 1. The lowest BCUT2D eigenvalue weighted by Crippen LogP contribution is -2.42. The molecule has 1 N–H and O–H groups in total. The van der Waals surface area contributed by atoms with E-state index in [4.69, 9.17) is 9.72 Å². The summed E-state index contributed by atoms with van der Waals surface area (Å²) in [6, 6.07) is 9.58. The van der Waals surface area contributed by atoms with Gasteiger partial charge in [0.25, 0.3) is 5.91 Å². The van der Waals surface area contributed by atoms with Crippen LogP contribution in [0.4, 0.5) is 10.1 Å². The normalized spacial score (nSPS) is 22.0. The number of nitrogens with zero attached hydrogens (tertiary/aromatic N) is 2. The fraction of sp³-hybridized carbons (Fsp3) is 0.417. The van der Waals surface area contributed by atoms with Gasteiger partial charge in [-0.25, -0.2) is 4.39 Å². The standard InChI is InChI=1S/C24H26FN3O2/c1-14(30-18-8-9-18)28-13-16-12-19(16)22-20(28)10-11-21(26-22)24(2,3)27-23(29)15-4-6-17(25)7-5-15/h4-7,10-11,16,18-19H,1,8-9,12-13H2,2-3H3,(H,27,29). The van der Waals surface area contributed by atoms with Gasteiger partial charge in [0, 0.05) is 18.0 Å². The predicted octanol–water partition coefficient (Wildman–Crippen LogP) is 4.46. The van der Waals surface area contributed by atoms with Crippen LogP contribution in [0.1, 0.15) is 60.8 Å². The number of fused-ring (bicyclic) bond motifs is 3. The zero-order chi connectivity index (χ0) is 21.0. The van der Waals surface area contributed by atoms with Crippen molar-refractivity contribution in [1.29, 1.82) is 0 Å². The van der Waals surface area contributed by atoms with Crippen LogP contribution >= 0.6 is 0 Å². The number of hydrogen-bond acceptors (Lipinski definition) is 4. The minimum absolute atomic E-state index is 0.253. The number of nitrogens with one attached hydrogen (secondary N) is 1. The van der Waals surface area contributed by atoms with E-state index in [1.54, 1.807) is 0 Å². The van der Waals surface area contributed by atoms with Gasteiger partial charge in [-0.3, -0.25) is 9.78 Å². The molecule has 1 aliphatic heterocycles. The lowest BCUT2D eigenvalue weighted by Gasteiger charge is -2.33. The highest BCUT2D eigenvalue weighted by Gasteiger charge is 2.48. The minimum Gasteiger partial charge on any atom is -0.476 e. The summed E-state index contributed by atoms with van der Waals surface area (Å²) in [5.41, 5.74) is 2.67. The molecule has 2 fully saturated rings. The van der Waals surface area contributed by atoms with Crippen LogP contribution in [0.25, 0.3) is 0 Å². The Kier molecular flexibility index (Phi) is 4.34. The number of carbonyl (C=O) groups excluding carboxylic acids is 1. The topological polar surface area (TPSA) is 54.5 Å². The van der Waals surface area contributed by atoms with Crippen molar-refractivity contribution in [2.45, 2.75) is 50.7 Å². The number of halogens is 1. The van der Waals surface area contributed by atoms with Crippen molar-refractivity contribution in [3.8, 4) is 0 Å². The molecule has 5 nitrogen and oxygen atoms in total. The Morgan fingerprint density at radius 3 is 2.67 bits per heavy atom. The van der Waals surface area contributed by atoms with Gasteiger partial charge in [0.05, 0.1) is 22.6 Å². The molecule has 156 valence electrons. The first-order chi connectivity index (χ1) is 14.3. The summed E-state index contributed by atoms with van der Waals surface area (Å²) in [6.07, 6.45) is 3.64. The van der Waals surface area contributed by atoms with Crippen molar-refractivity contribution in [2.75, 3.05) is 11.4 Å². The molecule has 0 bridgehead atoms. The Morgan fingerprint density at radius 2 is 1.97 bits per heavy atom. The maximum Gasteiger partial charge on any atom is 0.252 e. The second kappa shape index (κ2) is 6.83. The van der Waals surface area contributed by atoms with E-state index < -0.39 is 5.54 Å². The largest absolute Gasteiger partial charge is 0.476 e. The molecule has 2 saturated carbocycles. The van der Waals surface area contributed by atoms with Gasteiger partial charge in [0.1, 0.15) is 11.9 Å². The maximum absolute atomic E-state index is 13.2. The first-order valence-electron chi connectivity index (χ1n) is 10.5. The maximum atomic E-state index is 13.2. The van der Waals surface area contributed by atoms with Gasteiger partial charge in [-0.1, -0.05) is 0 Å². The summed E-state index contributed by atoms with van der Waals surface area (Å²) in [4.78, 5) is 19.8. The Morgan fingerprint density at radius 1 is 1.23 bits per heavy atom. The molecule has 0 spiro atoms. The highest BCUT2D eigenvalue weighted by molar-refractivity contribution is 5.94. The van der Waals surface area contributed by atoms with Gasteiger partial charge in [-0.2, -0.15) is 0 Å². The second-order valence-electron chi connectivity index (χ2n) is 9.11. The fourth-order valence-corrected chi connectivity index (χ4v) is 4.13. The van der Waals surface area contributed by atoms with Gasteiger partial charge in [0.15, 0.2) is 5.88 Å². The van der Waals surface area contributed by atoms with Gasteiger partial charge in [-0.05, 0) is 82.0 Å². The van der Waals surface area contributed by atoms with Crippen LogP contribution in [0.2, 0.25) is 0 Å². The smallest absolute Gasteiger partial charge is 0.252 e. The van der Waals surface area contributed by atoms with Crippen LogP contribution in [0.3, 0.4) is 0 Å². The molecule has 3 aliphatic rings. The molecule has 2 heterocycles. The van der Waals surface area contributed by atoms with Crippen molar-refractivity contribution in [3.05, 3.63) is 71.6 Å². The highest BCUT2D eigenvalue weighted by Crippen LogP contribution is 2.55. The summed E-state index contributed by atoms with van der Waals surface area (Å²) in [5.74, 6) is 1.14. The van der Waals surface area contributed by atoms with Gasteiger partial charge < -0.3 is 15.0 Å². The van der Waals surface area contributed by atoms with Crippen molar-refractivity contribution in [1.82, 2.24) is 10.3 Å². The SMILES string of the molecule is C=C(OC1CC1)N1CC2CC2c2nc(C(C)(C)NC(=O)c3ccc(F)cc3)ccc21. The molecule has 2 unspecified atom stereocenters. The van der Waals surface area contributed by atoms with Crippen molar-refractivity contribution in [3.63, 3.8) is 0 Å². The third-order valence-electron chi connectivity index (χ3n) is 6.19. The molecule has 0 saturated heterocycles. The summed E-state index contributed by atoms with van der Waals surface area (Å²) in [5, 5.41) is 3.03. The van der Waals surface area contributed by atoms with Crippen molar-refractivity contribution >= 4 is 11.6 Å². The van der Waals surface area contributed by atoms with E-state index in [1.807, 2.05) is 19.9 Å². The fourth-order valence-electron chi connectivity index (χ4n) is 4.13. The predicted molar refractivity (Wildman–Crippen MR) is 113 cm³/mol.